The molecule has 1 aromatic heterocycles. The van der Waals surface area contributed by atoms with E-state index in [2.05, 4.69) is 4.98 Å². The average molecular weight is 277 g/mol. The van der Waals surface area contributed by atoms with Crippen molar-refractivity contribution < 1.29 is 9.53 Å². The van der Waals surface area contributed by atoms with Gasteiger partial charge in [-0.25, -0.2) is 0 Å². The van der Waals surface area contributed by atoms with Crippen molar-refractivity contribution in [3.8, 4) is 0 Å². The van der Waals surface area contributed by atoms with Crippen molar-refractivity contribution in [3.05, 3.63) is 24.5 Å². The maximum atomic E-state index is 12.7. The quantitative estimate of drug-likeness (QED) is 0.907. The first kappa shape index (κ1) is 14.9. The molecule has 2 rings (SSSR count). The van der Waals surface area contributed by atoms with Gasteiger partial charge in [0.2, 0.25) is 5.91 Å². The number of anilines is 1. The summed E-state index contributed by atoms with van der Waals surface area (Å²) in [6.45, 7) is 6.57. The van der Waals surface area contributed by atoms with E-state index < -0.39 is 5.54 Å². The third kappa shape index (κ3) is 2.11. The molecular formula is C15H23N3O2. The third-order valence-electron chi connectivity index (χ3n) is 4.55. The molecule has 1 aliphatic rings. The molecule has 110 valence electrons. The number of nitrogens with zero attached hydrogens (tertiary/aromatic N) is 2. The lowest BCUT2D eigenvalue weighted by molar-refractivity contribution is -0.168. The summed E-state index contributed by atoms with van der Waals surface area (Å²) >= 11 is 0. The van der Waals surface area contributed by atoms with E-state index in [1.165, 1.54) is 0 Å². The van der Waals surface area contributed by atoms with E-state index >= 15 is 0 Å². The van der Waals surface area contributed by atoms with E-state index in [1.54, 1.807) is 30.4 Å². The van der Waals surface area contributed by atoms with Crippen molar-refractivity contribution in [1.82, 2.24) is 4.98 Å². The molecule has 0 spiro atoms. The fraction of sp³-hybridized carbons (Fsp3) is 0.600. The van der Waals surface area contributed by atoms with Gasteiger partial charge < -0.3 is 15.4 Å². The van der Waals surface area contributed by atoms with Gasteiger partial charge in [0.1, 0.15) is 5.54 Å². The topological polar surface area (TPSA) is 68.5 Å². The van der Waals surface area contributed by atoms with Crippen LogP contribution in [0.5, 0.6) is 0 Å². The summed E-state index contributed by atoms with van der Waals surface area (Å²) in [6.07, 6.45) is 3.92. The molecule has 2 unspecified atom stereocenters. The molecule has 2 atom stereocenters. The van der Waals surface area contributed by atoms with Crippen LogP contribution in [0.1, 0.15) is 27.2 Å². The number of hydrogen-bond donors (Lipinski definition) is 1. The van der Waals surface area contributed by atoms with Crippen LogP contribution >= 0.6 is 0 Å². The Bertz CT molecular complexity index is 489. The van der Waals surface area contributed by atoms with Crippen LogP contribution in [0.4, 0.5) is 5.69 Å². The zero-order valence-corrected chi connectivity index (χ0v) is 12.6. The van der Waals surface area contributed by atoms with Crippen LogP contribution in [0.15, 0.2) is 24.5 Å². The van der Waals surface area contributed by atoms with Crippen molar-refractivity contribution in [3.63, 3.8) is 0 Å². The van der Waals surface area contributed by atoms with Gasteiger partial charge in [0.15, 0.2) is 0 Å². The lowest BCUT2D eigenvalue weighted by Gasteiger charge is -2.58. The first-order chi connectivity index (χ1) is 9.34. The Morgan fingerprint density at radius 1 is 1.60 bits per heavy atom. The van der Waals surface area contributed by atoms with Crippen molar-refractivity contribution in [1.29, 1.82) is 0 Å². The Morgan fingerprint density at radius 2 is 2.30 bits per heavy atom. The summed E-state index contributed by atoms with van der Waals surface area (Å²) in [5.41, 5.74) is 5.87. The maximum absolute atomic E-state index is 12.7. The van der Waals surface area contributed by atoms with Crippen molar-refractivity contribution in [2.75, 3.05) is 18.6 Å². The van der Waals surface area contributed by atoms with Gasteiger partial charge in [-0.1, -0.05) is 13.8 Å². The second-order valence-corrected chi connectivity index (χ2v) is 5.92. The second kappa shape index (κ2) is 5.14. The fourth-order valence-corrected chi connectivity index (χ4v) is 2.77. The standard InChI is InChI=1S/C15H23N3O2/c1-5-20-12-9-15(16,14(12,2)3)13(19)18(4)11-7-6-8-17-10-11/h6-8,10,12H,5,9,16H2,1-4H3. The number of nitrogens with two attached hydrogens (primary N) is 1. The summed E-state index contributed by atoms with van der Waals surface area (Å²) in [5, 5.41) is 0. The summed E-state index contributed by atoms with van der Waals surface area (Å²) in [6, 6.07) is 3.65. The predicted octanol–water partition coefficient (Wildman–Crippen LogP) is 1.58. The third-order valence-corrected chi connectivity index (χ3v) is 4.55. The lowest BCUT2D eigenvalue weighted by atomic mass is 9.54. The lowest BCUT2D eigenvalue weighted by Crippen LogP contribution is -2.76. The van der Waals surface area contributed by atoms with Crippen LogP contribution in [-0.2, 0) is 9.53 Å². The monoisotopic (exact) mass is 277 g/mol. The minimum Gasteiger partial charge on any atom is -0.378 e. The Morgan fingerprint density at radius 3 is 2.80 bits per heavy atom. The highest BCUT2D eigenvalue weighted by atomic mass is 16.5. The molecule has 0 saturated heterocycles. The molecule has 0 radical (unpaired) electrons. The van der Waals surface area contributed by atoms with E-state index in [-0.39, 0.29) is 17.4 Å². The number of pyridine rings is 1. The number of hydrogen-bond acceptors (Lipinski definition) is 4. The van der Waals surface area contributed by atoms with Crippen LogP contribution in [0.3, 0.4) is 0 Å². The summed E-state index contributed by atoms with van der Waals surface area (Å²) in [7, 11) is 1.73. The Labute approximate surface area is 120 Å². The number of rotatable bonds is 4. The number of carbonyl (C=O) groups excluding carboxylic acids is 1. The van der Waals surface area contributed by atoms with Gasteiger partial charge in [-0.2, -0.15) is 0 Å². The van der Waals surface area contributed by atoms with Gasteiger partial charge in [-0.15, -0.1) is 0 Å². The average Bonchev–Trinajstić information content (AvgIpc) is 2.46. The highest BCUT2D eigenvalue weighted by Gasteiger charge is 2.63. The molecule has 1 heterocycles. The summed E-state index contributed by atoms with van der Waals surface area (Å²) < 4.78 is 5.66. The van der Waals surface area contributed by atoms with Gasteiger partial charge in [0, 0.05) is 31.7 Å². The minimum absolute atomic E-state index is 0.0312. The van der Waals surface area contributed by atoms with Gasteiger partial charge >= 0.3 is 0 Å². The zero-order valence-electron chi connectivity index (χ0n) is 12.6. The van der Waals surface area contributed by atoms with E-state index in [0.717, 1.165) is 5.69 Å². The Kier molecular flexibility index (Phi) is 3.84. The van der Waals surface area contributed by atoms with Gasteiger partial charge in [-0.05, 0) is 19.1 Å². The molecule has 1 amide bonds. The van der Waals surface area contributed by atoms with Crippen molar-refractivity contribution in [2.45, 2.75) is 38.8 Å². The molecule has 0 aliphatic heterocycles. The van der Waals surface area contributed by atoms with Gasteiger partial charge in [-0.3, -0.25) is 9.78 Å². The minimum atomic E-state index is -0.891. The molecular weight excluding hydrogens is 254 g/mol. The highest BCUT2D eigenvalue weighted by molar-refractivity contribution is 6.01. The molecule has 1 aromatic rings. The predicted molar refractivity (Wildman–Crippen MR) is 78.4 cm³/mol. The van der Waals surface area contributed by atoms with E-state index in [9.17, 15) is 4.79 Å². The number of carbonyl (C=O) groups is 1. The first-order valence-electron chi connectivity index (χ1n) is 6.93. The molecule has 1 saturated carbocycles. The molecule has 1 fully saturated rings. The SMILES string of the molecule is CCOC1CC(N)(C(=O)N(C)c2cccnc2)C1(C)C. The molecule has 1 aliphatic carbocycles. The largest absolute Gasteiger partial charge is 0.378 e. The van der Waals surface area contributed by atoms with Crippen molar-refractivity contribution >= 4 is 11.6 Å². The number of likely N-dealkylation sites (N-methyl/N-ethyl adjacent to an activating group) is 1. The maximum Gasteiger partial charge on any atom is 0.247 e. The fourth-order valence-electron chi connectivity index (χ4n) is 2.77. The first-order valence-corrected chi connectivity index (χ1v) is 6.93. The summed E-state index contributed by atoms with van der Waals surface area (Å²) in [5.74, 6) is -0.0912. The number of amides is 1. The van der Waals surface area contributed by atoms with Crippen LogP contribution in [0, 0.1) is 5.41 Å². The second-order valence-electron chi connectivity index (χ2n) is 5.92. The molecule has 5 nitrogen and oxygen atoms in total. The van der Waals surface area contributed by atoms with Crippen LogP contribution in [-0.4, -0.2) is 36.2 Å². The van der Waals surface area contributed by atoms with Gasteiger partial charge in [0.05, 0.1) is 18.0 Å². The van der Waals surface area contributed by atoms with Crippen LogP contribution in [0.2, 0.25) is 0 Å². The zero-order chi connectivity index (χ0) is 15.0. The van der Waals surface area contributed by atoms with Crippen molar-refractivity contribution in [2.24, 2.45) is 11.1 Å². The number of aromatic nitrogens is 1. The van der Waals surface area contributed by atoms with E-state index in [4.69, 9.17) is 10.5 Å². The van der Waals surface area contributed by atoms with Crippen LogP contribution in [0.25, 0.3) is 0 Å². The molecule has 5 heteroatoms. The molecule has 20 heavy (non-hydrogen) atoms. The smallest absolute Gasteiger partial charge is 0.247 e. The van der Waals surface area contributed by atoms with E-state index in [0.29, 0.717) is 13.0 Å². The number of ether oxygens (including phenoxy) is 1. The molecule has 0 aromatic carbocycles. The normalized spacial score (nSPS) is 27.8. The van der Waals surface area contributed by atoms with Crippen LogP contribution < -0.4 is 10.6 Å². The molecule has 0 bridgehead atoms. The summed E-state index contributed by atoms with van der Waals surface area (Å²) in [4.78, 5) is 18.3. The highest BCUT2D eigenvalue weighted by Crippen LogP contribution is 2.50. The Hall–Kier alpha value is -1.46. The van der Waals surface area contributed by atoms with E-state index in [1.807, 2.05) is 26.8 Å². The van der Waals surface area contributed by atoms with Gasteiger partial charge in [0.25, 0.3) is 0 Å². The molecule has 2 N–H and O–H groups in total. The Balaban J connectivity index is 2.18.